The van der Waals surface area contributed by atoms with Gasteiger partial charge in [-0.1, -0.05) is 24.3 Å². The molecule has 2 aromatic rings. The van der Waals surface area contributed by atoms with Gasteiger partial charge in [0.25, 0.3) is 0 Å². The third-order valence-corrected chi connectivity index (χ3v) is 3.34. The van der Waals surface area contributed by atoms with E-state index in [9.17, 15) is 0 Å². The lowest BCUT2D eigenvalue weighted by Gasteiger charge is -2.18. The smallest absolute Gasteiger partial charge is 0.138 e. The molecule has 2 heterocycles. The first-order chi connectivity index (χ1) is 8.93. The van der Waals surface area contributed by atoms with E-state index >= 15 is 0 Å². The summed E-state index contributed by atoms with van der Waals surface area (Å²) in [6, 6.07) is 8.98. The van der Waals surface area contributed by atoms with Crippen LogP contribution in [0, 0.1) is 0 Å². The molecule has 0 saturated carbocycles. The van der Waals surface area contributed by atoms with Crippen molar-refractivity contribution in [3.05, 3.63) is 47.5 Å². The third kappa shape index (κ3) is 2.42. The summed E-state index contributed by atoms with van der Waals surface area (Å²) in [6.45, 7) is 2.71. The molecule has 0 saturated heterocycles. The van der Waals surface area contributed by atoms with Crippen molar-refractivity contribution in [2.24, 2.45) is 0 Å². The van der Waals surface area contributed by atoms with Gasteiger partial charge in [0, 0.05) is 12.6 Å². The summed E-state index contributed by atoms with van der Waals surface area (Å²) in [5.41, 5.74) is 2.77. The van der Waals surface area contributed by atoms with Crippen molar-refractivity contribution in [2.75, 3.05) is 6.54 Å². The summed E-state index contributed by atoms with van der Waals surface area (Å²) in [4.78, 5) is 4.14. The number of nitrogens with one attached hydrogen (secondary N) is 3. The number of rotatable bonds is 3. The normalized spacial score (nSPS) is 19.2. The Balaban J connectivity index is 1.75. The molecule has 18 heavy (non-hydrogen) atoms. The van der Waals surface area contributed by atoms with Gasteiger partial charge in [-0.25, -0.2) is 4.98 Å². The predicted octanol–water partition coefficient (Wildman–Crippen LogP) is 1.13. The molecular formula is C13H17N5. The second-order valence-corrected chi connectivity index (χ2v) is 4.53. The molecule has 0 radical (unpaired) electrons. The number of benzene rings is 1. The van der Waals surface area contributed by atoms with Crippen LogP contribution in [0.1, 0.15) is 29.4 Å². The Morgan fingerprint density at radius 3 is 3.17 bits per heavy atom. The van der Waals surface area contributed by atoms with E-state index in [0.717, 1.165) is 31.9 Å². The van der Waals surface area contributed by atoms with Crippen LogP contribution < -0.4 is 10.6 Å². The van der Waals surface area contributed by atoms with E-state index in [-0.39, 0.29) is 0 Å². The van der Waals surface area contributed by atoms with Crippen molar-refractivity contribution in [1.29, 1.82) is 0 Å². The Hall–Kier alpha value is -1.72. The van der Waals surface area contributed by atoms with E-state index < -0.39 is 0 Å². The van der Waals surface area contributed by atoms with E-state index in [1.165, 1.54) is 11.1 Å². The molecule has 1 unspecified atom stereocenters. The van der Waals surface area contributed by atoms with Gasteiger partial charge in [-0.2, -0.15) is 5.10 Å². The molecule has 0 amide bonds. The molecule has 5 nitrogen and oxygen atoms in total. The van der Waals surface area contributed by atoms with Crippen LogP contribution in [0.5, 0.6) is 0 Å². The van der Waals surface area contributed by atoms with Gasteiger partial charge in [0.05, 0.1) is 6.54 Å². The lowest BCUT2D eigenvalue weighted by molar-refractivity contribution is 0.488. The lowest BCUT2D eigenvalue weighted by Crippen LogP contribution is -2.23. The van der Waals surface area contributed by atoms with Crippen LogP contribution in [0.25, 0.3) is 0 Å². The summed E-state index contributed by atoms with van der Waals surface area (Å²) in [7, 11) is 0. The van der Waals surface area contributed by atoms with Crippen molar-refractivity contribution in [2.45, 2.75) is 25.6 Å². The zero-order valence-electron chi connectivity index (χ0n) is 10.2. The summed E-state index contributed by atoms with van der Waals surface area (Å²) >= 11 is 0. The molecule has 1 aliphatic heterocycles. The minimum atomic E-state index is 0.376. The maximum absolute atomic E-state index is 4.14. The molecule has 3 N–H and O–H groups in total. The van der Waals surface area contributed by atoms with Gasteiger partial charge >= 0.3 is 0 Å². The highest BCUT2D eigenvalue weighted by atomic mass is 15.2. The Kier molecular flexibility index (Phi) is 3.34. The largest absolute Gasteiger partial charge is 0.313 e. The monoisotopic (exact) mass is 243 g/mol. The Bertz CT molecular complexity index is 494. The molecule has 0 aliphatic carbocycles. The molecule has 1 atom stereocenters. The first-order valence-corrected chi connectivity index (χ1v) is 6.29. The molecule has 1 aliphatic rings. The average Bonchev–Trinajstić information content (AvgIpc) is 2.84. The van der Waals surface area contributed by atoms with Gasteiger partial charge in [-0.3, -0.25) is 5.10 Å². The maximum atomic E-state index is 4.14. The number of fused-ring (bicyclic) bond motifs is 1. The first-order valence-electron chi connectivity index (χ1n) is 6.29. The molecule has 0 bridgehead atoms. The van der Waals surface area contributed by atoms with Gasteiger partial charge < -0.3 is 10.6 Å². The second kappa shape index (κ2) is 5.29. The fourth-order valence-electron chi connectivity index (χ4n) is 2.41. The topological polar surface area (TPSA) is 65.6 Å². The fourth-order valence-corrected chi connectivity index (χ4v) is 2.41. The highest BCUT2D eigenvalue weighted by molar-refractivity contribution is 5.31. The number of hydrogen-bond acceptors (Lipinski definition) is 4. The van der Waals surface area contributed by atoms with Gasteiger partial charge in [0.2, 0.25) is 0 Å². The summed E-state index contributed by atoms with van der Waals surface area (Å²) in [5, 5.41) is 13.7. The van der Waals surface area contributed by atoms with E-state index in [2.05, 4.69) is 50.1 Å². The fraction of sp³-hybridized carbons (Fsp3) is 0.385. The molecule has 0 fully saturated rings. The van der Waals surface area contributed by atoms with E-state index in [1.54, 1.807) is 6.33 Å². The minimum Gasteiger partial charge on any atom is -0.313 e. The molecule has 3 rings (SSSR count). The Morgan fingerprint density at radius 1 is 1.33 bits per heavy atom. The van der Waals surface area contributed by atoms with Crippen molar-refractivity contribution in [3.8, 4) is 0 Å². The molecule has 1 aromatic carbocycles. The van der Waals surface area contributed by atoms with Crippen molar-refractivity contribution in [3.63, 3.8) is 0 Å². The standard InChI is InChI=1S/C13H17N5/c1-2-4-11-10(3-1)7-14-6-5-12(11)15-8-13-16-9-17-18-13/h1-4,9,12,14-15H,5-8H2,(H,16,17,18). The second-order valence-electron chi connectivity index (χ2n) is 4.53. The Morgan fingerprint density at radius 2 is 2.28 bits per heavy atom. The van der Waals surface area contributed by atoms with Gasteiger partial charge in [-0.05, 0) is 24.1 Å². The predicted molar refractivity (Wildman–Crippen MR) is 68.7 cm³/mol. The van der Waals surface area contributed by atoms with E-state index in [0.29, 0.717) is 6.04 Å². The lowest BCUT2D eigenvalue weighted by atomic mass is 9.99. The van der Waals surface area contributed by atoms with Crippen LogP contribution in [0.3, 0.4) is 0 Å². The zero-order valence-corrected chi connectivity index (χ0v) is 10.2. The van der Waals surface area contributed by atoms with Gasteiger partial charge in [-0.15, -0.1) is 0 Å². The molecule has 5 heteroatoms. The molecular weight excluding hydrogens is 226 g/mol. The van der Waals surface area contributed by atoms with Crippen LogP contribution in [0.2, 0.25) is 0 Å². The van der Waals surface area contributed by atoms with E-state index in [1.807, 2.05) is 0 Å². The van der Waals surface area contributed by atoms with Crippen LogP contribution in [-0.2, 0) is 13.1 Å². The van der Waals surface area contributed by atoms with Crippen LogP contribution in [-0.4, -0.2) is 21.7 Å². The van der Waals surface area contributed by atoms with Crippen molar-refractivity contribution >= 4 is 0 Å². The minimum absolute atomic E-state index is 0.376. The summed E-state index contributed by atoms with van der Waals surface area (Å²) < 4.78 is 0. The number of hydrogen-bond donors (Lipinski definition) is 3. The molecule has 94 valence electrons. The first kappa shape index (κ1) is 11.4. The number of H-pyrrole nitrogens is 1. The quantitative estimate of drug-likeness (QED) is 0.756. The summed E-state index contributed by atoms with van der Waals surface area (Å²) in [6.07, 6.45) is 2.63. The molecule has 1 aromatic heterocycles. The third-order valence-electron chi connectivity index (χ3n) is 3.34. The number of nitrogens with zero attached hydrogens (tertiary/aromatic N) is 2. The SMILES string of the molecule is c1ccc2c(c1)CNCCC2NCc1ncn[nH]1. The molecule has 0 spiro atoms. The zero-order chi connectivity index (χ0) is 12.2. The van der Waals surface area contributed by atoms with Crippen molar-refractivity contribution in [1.82, 2.24) is 25.8 Å². The van der Waals surface area contributed by atoms with Crippen LogP contribution in [0.4, 0.5) is 0 Å². The van der Waals surface area contributed by atoms with Crippen LogP contribution in [0.15, 0.2) is 30.6 Å². The highest BCUT2D eigenvalue weighted by Crippen LogP contribution is 2.23. The average molecular weight is 243 g/mol. The van der Waals surface area contributed by atoms with Gasteiger partial charge in [0.15, 0.2) is 0 Å². The summed E-state index contributed by atoms with van der Waals surface area (Å²) in [5.74, 6) is 0.879. The highest BCUT2D eigenvalue weighted by Gasteiger charge is 2.17. The van der Waals surface area contributed by atoms with E-state index in [4.69, 9.17) is 0 Å². The van der Waals surface area contributed by atoms with Gasteiger partial charge in [0.1, 0.15) is 12.2 Å². The maximum Gasteiger partial charge on any atom is 0.138 e. The van der Waals surface area contributed by atoms with Crippen LogP contribution >= 0.6 is 0 Å². The van der Waals surface area contributed by atoms with Crippen molar-refractivity contribution < 1.29 is 0 Å². The number of aromatic nitrogens is 3. The Labute approximate surface area is 106 Å². The number of aromatic amines is 1.